The third-order valence-electron chi connectivity index (χ3n) is 6.61. The number of aliphatic hydroxyl groups excluding tert-OH is 1. The van der Waals surface area contributed by atoms with E-state index < -0.39 is 0 Å². The highest BCUT2D eigenvalue weighted by Gasteiger charge is 2.47. The number of hydrogen-bond donors (Lipinski definition) is 1. The normalized spacial score (nSPS) is 22.2. The Morgan fingerprint density at radius 1 is 1.20 bits per heavy atom. The van der Waals surface area contributed by atoms with Gasteiger partial charge in [0.1, 0.15) is 5.69 Å². The third-order valence-corrected chi connectivity index (χ3v) is 6.61. The average molecular weight is 414 g/mol. The van der Waals surface area contributed by atoms with Gasteiger partial charge in [0.25, 0.3) is 0 Å². The summed E-state index contributed by atoms with van der Waals surface area (Å²) in [5.41, 5.74) is 4.45. The number of anilines is 2. The Hall–Kier alpha value is -2.16. The fourth-order valence-electron chi connectivity index (χ4n) is 4.33. The summed E-state index contributed by atoms with van der Waals surface area (Å²) >= 11 is 0. The van der Waals surface area contributed by atoms with Crippen LogP contribution in [0.5, 0.6) is 0 Å². The Kier molecular flexibility index (Phi) is 4.76. The standard InChI is InChI=1S/C22H31N5O3/c1-21(13-28)11-26(12-21)16-4-5-17(19(8-16)25(2)3)18-9-27(24-23-18)10-20-29-14-22(6-7-22)15-30-20/h4-5,8-9,20,28H,6-7,10-15H2,1-3H3. The summed E-state index contributed by atoms with van der Waals surface area (Å²) in [6.45, 7) is 6.21. The van der Waals surface area contributed by atoms with Crippen LogP contribution in [0.1, 0.15) is 19.8 Å². The Bertz CT molecular complexity index is 907. The summed E-state index contributed by atoms with van der Waals surface area (Å²) in [6, 6.07) is 6.42. The molecule has 30 heavy (non-hydrogen) atoms. The first kappa shape index (κ1) is 19.8. The number of rotatable bonds is 6. The Labute approximate surface area is 177 Å². The van der Waals surface area contributed by atoms with Crippen molar-refractivity contribution in [2.45, 2.75) is 32.6 Å². The van der Waals surface area contributed by atoms with Gasteiger partial charge >= 0.3 is 0 Å². The summed E-state index contributed by atoms with van der Waals surface area (Å²) in [5.74, 6) is 0. The van der Waals surface area contributed by atoms with Crippen molar-refractivity contribution in [1.29, 1.82) is 0 Å². The van der Waals surface area contributed by atoms with Crippen LogP contribution in [-0.2, 0) is 16.0 Å². The van der Waals surface area contributed by atoms with Crippen LogP contribution < -0.4 is 9.80 Å². The summed E-state index contributed by atoms with van der Waals surface area (Å²) in [6.07, 6.45) is 4.14. The maximum Gasteiger partial charge on any atom is 0.177 e. The van der Waals surface area contributed by atoms with Crippen LogP contribution in [0, 0.1) is 10.8 Å². The summed E-state index contributed by atoms with van der Waals surface area (Å²) in [5, 5.41) is 18.2. The van der Waals surface area contributed by atoms with Gasteiger partial charge in [-0.3, -0.25) is 0 Å². The number of aromatic nitrogens is 3. The molecule has 2 aliphatic heterocycles. The van der Waals surface area contributed by atoms with E-state index in [1.165, 1.54) is 18.5 Å². The zero-order valence-electron chi connectivity index (χ0n) is 18.0. The molecule has 162 valence electrons. The molecular weight excluding hydrogens is 382 g/mol. The monoisotopic (exact) mass is 413 g/mol. The molecule has 1 aromatic carbocycles. The Morgan fingerprint density at radius 3 is 2.57 bits per heavy atom. The fourth-order valence-corrected chi connectivity index (χ4v) is 4.33. The second-order valence-corrected chi connectivity index (χ2v) is 9.80. The lowest BCUT2D eigenvalue weighted by molar-refractivity contribution is -0.213. The van der Waals surface area contributed by atoms with Crippen molar-refractivity contribution >= 4 is 11.4 Å². The Morgan fingerprint density at radius 2 is 1.93 bits per heavy atom. The molecule has 8 nitrogen and oxygen atoms in total. The van der Waals surface area contributed by atoms with Gasteiger partial charge < -0.3 is 24.4 Å². The van der Waals surface area contributed by atoms with Gasteiger partial charge in [0.05, 0.1) is 32.6 Å². The zero-order valence-corrected chi connectivity index (χ0v) is 18.0. The molecule has 3 fully saturated rings. The smallest absolute Gasteiger partial charge is 0.177 e. The van der Waals surface area contributed by atoms with Crippen LogP contribution in [0.25, 0.3) is 11.3 Å². The SMILES string of the molecule is CN(C)c1cc(N2CC(C)(CO)C2)ccc1-c1cn(CC2OCC3(CC3)CO2)nn1. The highest BCUT2D eigenvalue weighted by molar-refractivity contribution is 5.79. The highest BCUT2D eigenvalue weighted by atomic mass is 16.7. The van der Waals surface area contributed by atoms with E-state index in [0.717, 1.165) is 43.2 Å². The Balaban J connectivity index is 1.30. The minimum Gasteiger partial charge on any atom is -0.396 e. The minimum atomic E-state index is -0.256. The second kappa shape index (κ2) is 7.21. The highest BCUT2D eigenvalue weighted by Crippen LogP contribution is 2.48. The van der Waals surface area contributed by atoms with Gasteiger partial charge in [-0.15, -0.1) is 5.10 Å². The van der Waals surface area contributed by atoms with E-state index in [1.54, 1.807) is 4.68 Å². The first-order valence-corrected chi connectivity index (χ1v) is 10.7. The van der Waals surface area contributed by atoms with E-state index in [-0.39, 0.29) is 18.3 Å². The summed E-state index contributed by atoms with van der Waals surface area (Å²) in [7, 11) is 4.08. The molecule has 3 heterocycles. The molecule has 0 atom stereocenters. The molecule has 1 aliphatic carbocycles. The van der Waals surface area contributed by atoms with Crippen molar-refractivity contribution in [1.82, 2.24) is 15.0 Å². The predicted molar refractivity (Wildman–Crippen MR) is 115 cm³/mol. The fraction of sp³-hybridized carbons (Fsp3) is 0.636. The molecule has 3 aliphatic rings. The van der Waals surface area contributed by atoms with Crippen molar-refractivity contribution in [3.63, 3.8) is 0 Å². The maximum atomic E-state index is 9.52. The first-order chi connectivity index (χ1) is 14.4. The lowest BCUT2D eigenvalue weighted by Crippen LogP contribution is -2.56. The quantitative estimate of drug-likeness (QED) is 0.776. The molecule has 8 heteroatoms. The molecule has 1 aromatic heterocycles. The molecule has 0 amide bonds. The van der Waals surface area contributed by atoms with E-state index in [0.29, 0.717) is 12.0 Å². The van der Waals surface area contributed by atoms with Gasteiger partial charge in [-0.05, 0) is 31.0 Å². The largest absolute Gasteiger partial charge is 0.396 e. The van der Waals surface area contributed by atoms with E-state index in [9.17, 15) is 5.11 Å². The zero-order chi connectivity index (χ0) is 20.9. The molecule has 1 N–H and O–H groups in total. The molecule has 5 rings (SSSR count). The van der Waals surface area contributed by atoms with Crippen LogP contribution in [-0.4, -0.2) is 73.4 Å². The van der Waals surface area contributed by atoms with E-state index >= 15 is 0 Å². The number of benzene rings is 1. The molecule has 0 unspecified atom stereocenters. The van der Waals surface area contributed by atoms with E-state index in [1.807, 2.05) is 20.3 Å². The van der Waals surface area contributed by atoms with Gasteiger partial charge in [0, 0.05) is 55.0 Å². The van der Waals surface area contributed by atoms with Crippen molar-refractivity contribution in [2.24, 2.45) is 10.8 Å². The summed E-state index contributed by atoms with van der Waals surface area (Å²) in [4.78, 5) is 4.40. The number of hydrogen-bond acceptors (Lipinski definition) is 7. The molecule has 1 saturated carbocycles. The molecule has 0 bridgehead atoms. The number of nitrogens with zero attached hydrogens (tertiary/aromatic N) is 5. The predicted octanol–water partition coefficient (Wildman–Crippen LogP) is 1.98. The third kappa shape index (κ3) is 3.68. The van der Waals surface area contributed by atoms with Crippen molar-refractivity contribution < 1.29 is 14.6 Å². The van der Waals surface area contributed by atoms with Crippen molar-refractivity contribution in [2.75, 3.05) is 56.8 Å². The topological polar surface area (TPSA) is 75.9 Å². The van der Waals surface area contributed by atoms with Gasteiger partial charge in [-0.25, -0.2) is 4.68 Å². The average Bonchev–Trinajstić information content (AvgIpc) is 3.32. The number of ether oxygens (including phenoxy) is 2. The van der Waals surface area contributed by atoms with E-state index in [2.05, 4.69) is 45.2 Å². The van der Waals surface area contributed by atoms with Gasteiger partial charge in [-0.1, -0.05) is 12.1 Å². The van der Waals surface area contributed by atoms with Gasteiger partial charge in [-0.2, -0.15) is 0 Å². The van der Waals surface area contributed by atoms with Crippen LogP contribution >= 0.6 is 0 Å². The van der Waals surface area contributed by atoms with Crippen LogP contribution in [0.4, 0.5) is 11.4 Å². The lowest BCUT2D eigenvalue weighted by atomic mass is 9.82. The molecule has 2 aromatic rings. The van der Waals surface area contributed by atoms with Crippen molar-refractivity contribution in [3.05, 3.63) is 24.4 Å². The maximum absolute atomic E-state index is 9.52. The number of aliphatic hydroxyl groups is 1. The van der Waals surface area contributed by atoms with Crippen molar-refractivity contribution in [3.8, 4) is 11.3 Å². The lowest BCUT2D eigenvalue weighted by Gasteiger charge is -2.48. The molecule has 2 saturated heterocycles. The second-order valence-electron chi connectivity index (χ2n) is 9.80. The molecular formula is C22H31N5O3. The summed E-state index contributed by atoms with van der Waals surface area (Å²) < 4.78 is 13.6. The molecule has 1 spiro atoms. The minimum absolute atomic E-state index is 0.00204. The van der Waals surface area contributed by atoms with Gasteiger partial charge in [0.2, 0.25) is 0 Å². The van der Waals surface area contributed by atoms with Gasteiger partial charge in [0.15, 0.2) is 6.29 Å². The van der Waals surface area contributed by atoms with Crippen LogP contribution in [0.15, 0.2) is 24.4 Å². The van der Waals surface area contributed by atoms with E-state index in [4.69, 9.17) is 9.47 Å². The molecule has 0 radical (unpaired) electrons. The van der Waals surface area contributed by atoms with Crippen LogP contribution in [0.2, 0.25) is 0 Å². The van der Waals surface area contributed by atoms with Crippen LogP contribution in [0.3, 0.4) is 0 Å². The first-order valence-electron chi connectivity index (χ1n) is 10.7.